The summed E-state index contributed by atoms with van der Waals surface area (Å²) in [6.45, 7) is 5.30. The van der Waals surface area contributed by atoms with E-state index in [4.69, 9.17) is 4.74 Å². The van der Waals surface area contributed by atoms with Crippen molar-refractivity contribution in [1.29, 1.82) is 0 Å². The lowest BCUT2D eigenvalue weighted by atomic mass is 10.00. The van der Waals surface area contributed by atoms with Crippen molar-refractivity contribution in [2.75, 3.05) is 13.2 Å². The smallest absolute Gasteiger partial charge is 0.245 e. The van der Waals surface area contributed by atoms with Crippen molar-refractivity contribution >= 4 is 11.8 Å². The van der Waals surface area contributed by atoms with Gasteiger partial charge in [0.1, 0.15) is 12.1 Å². The average molecular weight is 282 g/mol. The minimum Gasteiger partial charge on any atom is -0.376 e. The van der Waals surface area contributed by atoms with E-state index >= 15 is 0 Å². The first-order chi connectivity index (χ1) is 9.67. The maximum Gasteiger partial charge on any atom is 0.245 e. The lowest BCUT2D eigenvalue weighted by Crippen LogP contribution is -2.64. The van der Waals surface area contributed by atoms with Gasteiger partial charge in [-0.2, -0.15) is 0 Å². The second-order valence-electron chi connectivity index (χ2n) is 5.75. The molecule has 3 unspecified atom stereocenters. The summed E-state index contributed by atoms with van der Waals surface area (Å²) in [5.74, 6) is 0.0498. The molecule has 1 N–H and O–H groups in total. The van der Waals surface area contributed by atoms with E-state index in [-0.39, 0.29) is 30.0 Å². The summed E-state index contributed by atoms with van der Waals surface area (Å²) >= 11 is 0. The zero-order valence-corrected chi connectivity index (χ0v) is 12.6. The number of amides is 2. The lowest BCUT2D eigenvalue weighted by Gasteiger charge is -2.41. The third kappa shape index (κ3) is 3.32. The first-order valence-electron chi connectivity index (χ1n) is 7.89. The average Bonchev–Trinajstić information content (AvgIpc) is 2.47. The summed E-state index contributed by atoms with van der Waals surface area (Å²) < 4.78 is 5.73. The third-order valence-electron chi connectivity index (χ3n) is 4.22. The second kappa shape index (κ2) is 7.07. The molecular formula is C15H26N2O3. The Hall–Kier alpha value is -1.10. The summed E-state index contributed by atoms with van der Waals surface area (Å²) in [4.78, 5) is 26.5. The zero-order chi connectivity index (χ0) is 14.5. The van der Waals surface area contributed by atoms with Gasteiger partial charge in [-0.1, -0.05) is 20.3 Å². The number of carbonyl (C=O) groups is 2. The highest BCUT2D eigenvalue weighted by Crippen LogP contribution is 2.20. The second-order valence-corrected chi connectivity index (χ2v) is 5.75. The summed E-state index contributed by atoms with van der Waals surface area (Å²) in [7, 11) is 0. The number of hydrogen-bond donors (Lipinski definition) is 1. The minimum atomic E-state index is -0.362. The quantitative estimate of drug-likeness (QED) is 0.830. The van der Waals surface area contributed by atoms with Crippen molar-refractivity contribution in [3.05, 3.63) is 0 Å². The highest BCUT2D eigenvalue weighted by molar-refractivity contribution is 5.96. The number of nitrogens with zero attached hydrogens (tertiary/aromatic N) is 1. The van der Waals surface area contributed by atoms with Gasteiger partial charge in [0.15, 0.2) is 0 Å². The Labute approximate surface area is 121 Å². The minimum absolute atomic E-state index is 0.00545. The van der Waals surface area contributed by atoms with Crippen LogP contribution in [-0.2, 0) is 14.3 Å². The summed E-state index contributed by atoms with van der Waals surface area (Å²) in [6.07, 6.45) is 5.59. The number of hydrogen-bond acceptors (Lipinski definition) is 3. The number of rotatable bonds is 5. The van der Waals surface area contributed by atoms with Gasteiger partial charge < -0.3 is 15.0 Å². The Kier molecular flexibility index (Phi) is 5.40. The maximum absolute atomic E-state index is 12.5. The highest BCUT2D eigenvalue weighted by Gasteiger charge is 2.40. The fourth-order valence-electron chi connectivity index (χ4n) is 3.05. The largest absolute Gasteiger partial charge is 0.376 e. The molecule has 2 saturated heterocycles. The molecule has 0 spiro atoms. The molecule has 20 heavy (non-hydrogen) atoms. The number of piperazine rings is 1. The fourth-order valence-corrected chi connectivity index (χ4v) is 3.05. The molecule has 3 atom stereocenters. The summed E-state index contributed by atoms with van der Waals surface area (Å²) in [5.41, 5.74) is 0. The van der Waals surface area contributed by atoms with Gasteiger partial charge in [-0.05, 0) is 32.1 Å². The molecule has 0 aromatic heterocycles. The van der Waals surface area contributed by atoms with Crippen molar-refractivity contribution in [3.63, 3.8) is 0 Å². The molecule has 5 nitrogen and oxygen atoms in total. The maximum atomic E-state index is 12.5. The Bertz CT molecular complexity index is 353. The SMILES string of the molecule is CCCC1C(=O)NC(CC)C(=O)N1CC1CCCCO1. The Morgan fingerprint density at radius 1 is 1.30 bits per heavy atom. The first-order valence-corrected chi connectivity index (χ1v) is 7.89. The van der Waals surface area contributed by atoms with Crippen molar-refractivity contribution in [2.24, 2.45) is 0 Å². The third-order valence-corrected chi connectivity index (χ3v) is 4.22. The van der Waals surface area contributed by atoms with Crippen LogP contribution in [0.25, 0.3) is 0 Å². The molecule has 0 aromatic carbocycles. The van der Waals surface area contributed by atoms with Gasteiger partial charge in [0.05, 0.1) is 6.10 Å². The normalized spacial score (nSPS) is 31.3. The molecule has 0 radical (unpaired) electrons. The van der Waals surface area contributed by atoms with E-state index in [0.29, 0.717) is 13.0 Å². The first kappa shape index (κ1) is 15.3. The molecule has 114 valence electrons. The van der Waals surface area contributed by atoms with Crippen LogP contribution in [0.15, 0.2) is 0 Å². The van der Waals surface area contributed by atoms with Gasteiger partial charge in [-0.3, -0.25) is 9.59 Å². The van der Waals surface area contributed by atoms with Gasteiger partial charge in [0, 0.05) is 13.2 Å². The zero-order valence-electron chi connectivity index (χ0n) is 12.6. The van der Waals surface area contributed by atoms with Crippen LogP contribution >= 0.6 is 0 Å². The van der Waals surface area contributed by atoms with Crippen molar-refractivity contribution in [2.45, 2.75) is 70.6 Å². The molecular weight excluding hydrogens is 256 g/mol. The van der Waals surface area contributed by atoms with E-state index in [0.717, 1.165) is 38.7 Å². The van der Waals surface area contributed by atoms with E-state index in [9.17, 15) is 9.59 Å². The Morgan fingerprint density at radius 3 is 2.70 bits per heavy atom. The van der Waals surface area contributed by atoms with Crippen molar-refractivity contribution < 1.29 is 14.3 Å². The van der Waals surface area contributed by atoms with Crippen LogP contribution in [0.2, 0.25) is 0 Å². The molecule has 2 aliphatic heterocycles. The van der Waals surface area contributed by atoms with Crippen LogP contribution in [0.4, 0.5) is 0 Å². The Balaban J connectivity index is 2.08. The molecule has 0 bridgehead atoms. The predicted molar refractivity (Wildman–Crippen MR) is 76.2 cm³/mol. The van der Waals surface area contributed by atoms with E-state index in [1.54, 1.807) is 4.90 Å². The van der Waals surface area contributed by atoms with Crippen LogP contribution in [0.1, 0.15) is 52.4 Å². The number of ether oxygens (including phenoxy) is 1. The number of nitrogens with one attached hydrogen (secondary N) is 1. The molecule has 2 fully saturated rings. The lowest BCUT2D eigenvalue weighted by molar-refractivity contribution is -0.152. The summed E-state index contributed by atoms with van der Waals surface area (Å²) in [6, 6.07) is -0.681. The van der Waals surface area contributed by atoms with E-state index in [1.807, 2.05) is 13.8 Å². The Morgan fingerprint density at radius 2 is 2.10 bits per heavy atom. The van der Waals surface area contributed by atoms with E-state index in [1.165, 1.54) is 0 Å². The molecule has 2 aliphatic rings. The number of carbonyl (C=O) groups excluding carboxylic acids is 2. The molecule has 0 aromatic rings. The predicted octanol–water partition coefficient (Wildman–Crippen LogP) is 1.46. The standard InChI is InChI=1S/C15H26N2O3/c1-3-7-13-14(18)16-12(4-2)15(19)17(13)10-11-8-5-6-9-20-11/h11-13H,3-10H2,1-2H3,(H,16,18). The molecule has 5 heteroatoms. The molecule has 0 saturated carbocycles. The van der Waals surface area contributed by atoms with Crippen LogP contribution < -0.4 is 5.32 Å². The highest BCUT2D eigenvalue weighted by atomic mass is 16.5. The van der Waals surface area contributed by atoms with Crippen LogP contribution in [0.3, 0.4) is 0 Å². The molecule has 2 heterocycles. The van der Waals surface area contributed by atoms with Gasteiger partial charge in [-0.25, -0.2) is 0 Å². The van der Waals surface area contributed by atoms with Crippen LogP contribution in [0.5, 0.6) is 0 Å². The van der Waals surface area contributed by atoms with Gasteiger partial charge in [0.2, 0.25) is 11.8 Å². The summed E-state index contributed by atoms with van der Waals surface area (Å²) in [5, 5.41) is 2.85. The molecule has 2 rings (SSSR count). The van der Waals surface area contributed by atoms with Gasteiger partial charge in [-0.15, -0.1) is 0 Å². The van der Waals surface area contributed by atoms with Crippen LogP contribution in [0, 0.1) is 0 Å². The van der Waals surface area contributed by atoms with Gasteiger partial charge in [0.25, 0.3) is 0 Å². The fraction of sp³-hybridized carbons (Fsp3) is 0.867. The van der Waals surface area contributed by atoms with Gasteiger partial charge >= 0.3 is 0 Å². The topological polar surface area (TPSA) is 58.6 Å². The molecule has 2 amide bonds. The van der Waals surface area contributed by atoms with E-state index in [2.05, 4.69) is 5.32 Å². The molecule has 0 aliphatic carbocycles. The van der Waals surface area contributed by atoms with Crippen molar-refractivity contribution in [1.82, 2.24) is 10.2 Å². The van der Waals surface area contributed by atoms with E-state index < -0.39 is 0 Å². The van der Waals surface area contributed by atoms with Crippen molar-refractivity contribution in [3.8, 4) is 0 Å². The monoisotopic (exact) mass is 282 g/mol. The van der Waals surface area contributed by atoms with Crippen LogP contribution in [-0.4, -0.2) is 48.1 Å².